The molecular formula is C18H24ClNSi. The average molecular weight is 318 g/mol. The molecular weight excluding hydrogens is 294 g/mol. The van der Waals surface area contributed by atoms with Crippen molar-refractivity contribution in [3.8, 4) is 0 Å². The van der Waals surface area contributed by atoms with Gasteiger partial charge in [0.2, 0.25) is 0 Å². The van der Waals surface area contributed by atoms with Gasteiger partial charge >= 0.3 is 0 Å². The molecule has 0 atom stereocenters. The summed E-state index contributed by atoms with van der Waals surface area (Å²) in [5.41, 5.74) is 2.47. The average Bonchev–Trinajstić information content (AvgIpc) is 2.38. The van der Waals surface area contributed by atoms with E-state index in [4.69, 9.17) is 11.1 Å². The molecule has 0 aliphatic rings. The number of hydrogen-bond donors (Lipinski definition) is 1. The summed E-state index contributed by atoms with van der Waals surface area (Å²) in [5.74, 6) is 0. The maximum atomic E-state index is 7.21. The second kappa shape index (κ2) is 5.96. The van der Waals surface area contributed by atoms with Gasteiger partial charge in [0.25, 0.3) is 7.55 Å². The van der Waals surface area contributed by atoms with Crippen LogP contribution in [0.4, 0.5) is 0 Å². The van der Waals surface area contributed by atoms with E-state index in [-0.39, 0.29) is 5.54 Å². The molecule has 1 nitrogen and oxygen atoms in total. The predicted octanol–water partition coefficient (Wildman–Crippen LogP) is 3.49. The van der Waals surface area contributed by atoms with Crippen molar-refractivity contribution in [1.29, 1.82) is 0 Å². The summed E-state index contributed by atoms with van der Waals surface area (Å²) in [6.45, 7) is 10.7. The molecule has 1 N–H and O–H groups in total. The number of rotatable bonds is 3. The van der Waals surface area contributed by atoms with Gasteiger partial charge in [-0.1, -0.05) is 59.7 Å². The summed E-state index contributed by atoms with van der Waals surface area (Å²) in [6, 6.07) is 17.2. The third kappa shape index (κ3) is 3.97. The molecule has 0 spiro atoms. The van der Waals surface area contributed by atoms with Crippen molar-refractivity contribution in [3.05, 3.63) is 59.7 Å². The predicted molar refractivity (Wildman–Crippen MR) is 96.1 cm³/mol. The maximum Gasteiger partial charge on any atom is 0.289 e. The van der Waals surface area contributed by atoms with E-state index in [9.17, 15) is 0 Å². The molecule has 21 heavy (non-hydrogen) atoms. The van der Waals surface area contributed by atoms with E-state index in [1.807, 2.05) is 0 Å². The second-order valence-corrected chi connectivity index (χ2v) is 11.2. The quantitative estimate of drug-likeness (QED) is 0.675. The molecule has 0 aromatic heterocycles. The standard InChI is InChI=1S/C18H24ClNSi/c1-14-6-10-16(11-7-14)21(19,20-18(3,4)5)17-12-8-15(2)9-13-17/h6-13,20H,1-5H3. The summed E-state index contributed by atoms with van der Waals surface area (Å²) in [4.78, 5) is 3.71. The van der Waals surface area contributed by atoms with Gasteiger partial charge in [0.15, 0.2) is 0 Å². The molecule has 112 valence electrons. The van der Waals surface area contributed by atoms with Crippen molar-refractivity contribution < 1.29 is 0 Å². The largest absolute Gasteiger partial charge is 0.314 e. The number of aryl methyl sites for hydroxylation is 2. The van der Waals surface area contributed by atoms with Gasteiger partial charge in [-0.2, -0.15) is 0 Å². The van der Waals surface area contributed by atoms with Crippen molar-refractivity contribution in [2.24, 2.45) is 0 Å². The van der Waals surface area contributed by atoms with Gasteiger partial charge in [-0.05, 0) is 45.0 Å². The first-order valence-electron chi connectivity index (χ1n) is 7.33. The molecule has 0 fully saturated rings. The van der Waals surface area contributed by atoms with Gasteiger partial charge in [-0.3, -0.25) is 0 Å². The smallest absolute Gasteiger partial charge is 0.289 e. The summed E-state index contributed by atoms with van der Waals surface area (Å²) in [5, 5.41) is 2.40. The third-order valence-electron chi connectivity index (χ3n) is 3.45. The van der Waals surface area contributed by atoms with Gasteiger partial charge in [0, 0.05) is 5.54 Å². The molecule has 0 unspecified atom stereocenters. The summed E-state index contributed by atoms with van der Waals surface area (Å²) in [6.07, 6.45) is 0. The third-order valence-corrected chi connectivity index (χ3v) is 8.39. The SMILES string of the molecule is Cc1ccc([Si](Cl)(NC(C)(C)C)c2ccc(C)cc2)cc1. The highest BCUT2D eigenvalue weighted by Crippen LogP contribution is 2.14. The van der Waals surface area contributed by atoms with Crippen molar-refractivity contribution >= 4 is 29.0 Å². The fraction of sp³-hybridized carbons (Fsp3) is 0.333. The number of halogens is 1. The topological polar surface area (TPSA) is 12.0 Å². The van der Waals surface area contributed by atoms with E-state index in [0.717, 1.165) is 0 Å². The molecule has 2 aromatic carbocycles. The fourth-order valence-corrected chi connectivity index (χ4v) is 6.91. The minimum absolute atomic E-state index is 0.0380. The number of nitrogens with one attached hydrogen (secondary N) is 1. The lowest BCUT2D eigenvalue weighted by Gasteiger charge is -2.34. The van der Waals surface area contributed by atoms with Crippen LogP contribution in [-0.4, -0.2) is 13.1 Å². The summed E-state index contributed by atoms with van der Waals surface area (Å²) in [7, 11) is -2.46. The van der Waals surface area contributed by atoms with Crippen LogP contribution in [0.25, 0.3) is 0 Å². The van der Waals surface area contributed by atoms with Crippen LogP contribution in [0.5, 0.6) is 0 Å². The first kappa shape index (κ1) is 16.3. The van der Waals surface area contributed by atoms with E-state index in [0.29, 0.717) is 0 Å². The van der Waals surface area contributed by atoms with Gasteiger partial charge in [-0.25, -0.2) is 0 Å². The Morgan fingerprint density at radius 2 is 1.10 bits per heavy atom. The Hall–Kier alpha value is -1.09. The molecule has 0 radical (unpaired) electrons. The van der Waals surface area contributed by atoms with Crippen molar-refractivity contribution in [2.75, 3.05) is 0 Å². The van der Waals surface area contributed by atoms with Crippen molar-refractivity contribution in [2.45, 2.75) is 40.2 Å². The van der Waals surface area contributed by atoms with Crippen LogP contribution in [0.15, 0.2) is 48.5 Å². The van der Waals surface area contributed by atoms with E-state index in [2.05, 4.69) is 88.1 Å². The molecule has 0 aliphatic heterocycles. The fourth-order valence-electron chi connectivity index (χ4n) is 2.39. The molecule has 0 amide bonds. The maximum absolute atomic E-state index is 7.21. The lowest BCUT2D eigenvalue weighted by molar-refractivity contribution is 0.520. The molecule has 0 saturated carbocycles. The molecule has 3 heteroatoms. The summed E-state index contributed by atoms with van der Waals surface area (Å²) >= 11 is 7.21. The lowest BCUT2D eigenvalue weighted by atomic mass is 10.1. The molecule has 0 heterocycles. The zero-order valence-corrected chi connectivity index (χ0v) is 15.3. The van der Waals surface area contributed by atoms with Gasteiger partial charge in [0.05, 0.1) is 0 Å². The first-order valence-corrected chi connectivity index (χ1v) is 10.3. The van der Waals surface area contributed by atoms with E-state index >= 15 is 0 Å². The Labute approximate surface area is 134 Å². The van der Waals surface area contributed by atoms with Crippen LogP contribution in [0, 0.1) is 13.8 Å². The Kier molecular flexibility index (Phi) is 4.62. The van der Waals surface area contributed by atoms with Gasteiger partial charge in [-0.15, -0.1) is 11.1 Å². The molecule has 0 saturated heterocycles. The zero-order valence-electron chi connectivity index (χ0n) is 13.5. The Morgan fingerprint density at radius 3 is 1.38 bits per heavy atom. The number of benzene rings is 2. The van der Waals surface area contributed by atoms with Gasteiger partial charge in [0.1, 0.15) is 0 Å². The van der Waals surface area contributed by atoms with Crippen LogP contribution in [0.1, 0.15) is 31.9 Å². The van der Waals surface area contributed by atoms with E-state index in [1.165, 1.54) is 21.5 Å². The Morgan fingerprint density at radius 1 is 0.762 bits per heavy atom. The molecule has 0 aliphatic carbocycles. The molecule has 2 rings (SSSR count). The van der Waals surface area contributed by atoms with E-state index < -0.39 is 7.55 Å². The monoisotopic (exact) mass is 317 g/mol. The minimum Gasteiger partial charge on any atom is -0.314 e. The van der Waals surface area contributed by atoms with Crippen LogP contribution < -0.4 is 15.4 Å². The Bertz CT molecular complexity index is 551. The number of hydrogen-bond acceptors (Lipinski definition) is 1. The Balaban J connectivity index is 2.53. The van der Waals surface area contributed by atoms with E-state index in [1.54, 1.807) is 0 Å². The summed E-state index contributed by atoms with van der Waals surface area (Å²) < 4.78 is 0. The zero-order chi connectivity index (χ0) is 15.7. The van der Waals surface area contributed by atoms with Crippen LogP contribution >= 0.6 is 11.1 Å². The van der Waals surface area contributed by atoms with Crippen LogP contribution in [0.2, 0.25) is 0 Å². The van der Waals surface area contributed by atoms with Crippen molar-refractivity contribution in [3.63, 3.8) is 0 Å². The van der Waals surface area contributed by atoms with Crippen LogP contribution in [0.3, 0.4) is 0 Å². The van der Waals surface area contributed by atoms with Crippen LogP contribution in [-0.2, 0) is 0 Å². The van der Waals surface area contributed by atoms with Crippen molar-refractivity contribution in [1.82, 2.24) is 4.98 Å². The lowest BCUT2D eigenvalue weighted by Crippen LogP contribution is -2.69. The first-order chi connectivity index (χ1) is 9.71. The highest BCUT2D eigenvalue weighted by molar-refractivity contribution is 7.32. The van der Waals surface area contributed by atoms with Gasteiger partial charge < -0.3 is 4.98 Å². The molecule has 2 aromatic rings. The highest BCUT2D eigenvalue weighted by Gasteiger charge is 2.39. The molecule has 0 bridgehead atoms. The normalized spacial score (nSPS) is 12.5. The minimum atomic E-state index is -2.46. The second-order valence-electron chi connectivity index (χ2n) is 6.77. The highest BCUT2D eigenvalue weighted by atomic mass is 35.6.